The average molecular weight is 275 g/mol. The first-order chi connectivity index (χ1) is 9.72. The van der Waals surface area contributed by atoms with Gasteiger partial charge in [-0.25, -0.2) is 4.79 Å². The van der Waals surface area contributed by atoms with E-state index in [9.17, 15) is 9.59 Å². The molecule has 0 saturated carbocycles. The zero-order valence-corrected chi connectivity index (χ0v) is 10.8. The number of esters is 1. The van der Waals surface area contributed by atoms with Crippen LogP contribution in [0.5, 0.6) is 11.5 Å². The molecule has 1 aromatic carbocycles. The summed E-state index contributed by atoms with van der Waals surface area (Å²) in [6.45, 7) is 2.15. The van der Waals surface area contributed by atoms with Crippen molar-refractivity contribution >= 4 is 24.0 Å². The van der Waals surface area contributed by atoms with E-state index >= 15 is 0 Å². The van der Waals surface area contributed by atoms with Gasteiger partial charge in [0, 0.05) is 22.9 Å². The molecule has 3 rings (SSSR count). The Bertz CT molecular complexity index is 608. The summed E-state index contributed by atoms with van der Waals surface area (Å²) in [6, 6.07) is 2.73. The van der Waals surface area contributed by atoms with Crippen LogP contribution in [0.3, 0.4) is 0 Å². The van der Waals surface area contributed by atoms with Crippen LogP contribution in [0.25, 0.3) is 6.08 Å². The van der Waals surface area contributed by atoms with Crippen molar-refractivity contribution in [3.63, 3.8) is 0 Å². The largest absolute Gasteiger partial charge is 0.464 e. The minimum atomic E-state index is -0.791. The molecule has 0 spiro atoms. The SMILES string of the molecule is CCOC(=O)C1Nc2cc3c(cc2C=C1C=O)OCO3. The molecule has 2 heterocycles. The molecule has 0 aliphatic carbocycles. The number of rotatable bonds is 3. The second-order valence-electron chi connectivity index (χ2n) is 4.38. The monoisotopic (exact) mass is 275 g/mol. The third-order valence-electron chi connectivity index (χ3n) is 3.16. The van der Waals surface area contributed by atoms with Gasteiger partial charge >= 0.3 is 5.97 Å². The number of benzene rings is 1. The predicted octanol–water partition coefficient (Wildman–Crippen LogP) is 1.35. The second-order valence-corrected chi connectivity index (χ2v) is 4.38. The average Bonchev–Trinajstić information content (AvgIpc) is 2.90. The Morgan fingerprint density at radius 1 is 1.45 bits per heavy atom. The molecule has 2 aliphatic rings. The fraction of sp³-hybridized carbons (Fsp3) is 0.286. The van der Waals surface area contributed by atoms with Gasteiger partial charge in [-0.15, -0.1) is 0 Å². The number of hydrogen-bond donors (Lipinski definition) is 1. The van der Waals surface area contributed by atoms with Crippen LogP contribution in [-0.4, -0.2) is 31.7 Å². The molecule has 0 radical (unpaired) electrons. The molecule has 0 bridgehead atoms. The van der Waals surface area contributed by atoms with Crippen LogP contribution in [0.2, 0.25) is 0 Å². The molecule has 1 unspecified atom stereocenters. The van der Waals surface area contributed by atoms with Gasteiger partial charge in [0.25, 0.3) is 0 Å². The summed E-state index contributed by atoms with van der Waals surface area (Å²) in [4.78, 5) is 23.0. The van der Waals surface area contributed by atoms with Crippen LogP contribution in [0.15, 0.2) is 17.7 Å². The third kappa shape index (κ3) is 1.99. The highest BCUT2D eigenvalue weighted by atomic mass is 16.7. The van der Waals surface area contributed by atoms with E-state index in [-0.39, 0.29) is 13.4 Å². The Morgan fingerprint density at radius 3 is 2.90 bits per heavy atom. The van der Waals surface area contributed by atoms with Crippen LogP contribution < -0.4 is 14.8 Å². The first kappa shape index (κ1) is 12.5. The van der Waals surface area contributed by atoms with Crippen molar-refractivity contribution in [2.75, 3.05) is 18.7 Å². The van der Waals surface area contributed by atoms with Crippen LogP contribution in [0.4, 0.5) is 5.69 Å². The molecule has 20 heavy (non-hydrogen) atoms. The van der Waals surface area contributed by atoms with Crippen molar-refractivity contribution < 1.29 is 23.8 Å². The first-order valence-corrected chi connectivity index (χ1v) is 6.26. The summed E-state index contributed by atoms with van der Waals surface area (Å²) < 4.78 is 15.5. The van der Waals surface area contributed by atoms with Gasteiger partial charge in [0.1, 0.15) is 6.29 Å². The quantitative estimate of drug-likeness (QED) is 0.663. The van der Waals surface area contributed by atoms with Crippen molar-refractivity contribution in [3.8, 4) is 11.5 Å². The highest BCUT2D eigenvalue weighted by molar-refractivity contribution is 6.00. The predicted molar refractivity (Wildman–Crippen MR) is 70.6 cm³/mol. The van der Waals surface area contributed by atoms with Crippen LogP contribution in [0.1, 0.15) is 12.5 Å². The van der Waals surface area contributed by atoms with Crippen molar-refractivity contribution in [1.29, 1.82) is 0 Å². The number of hydrogen-bond acceptors (Lipinski definition) is 6. The molecule has 1 atom stereocenters. The molecule has 2 aliphatic heterocycles. The van der Waals surface area contributed by atoms with Gasteiger partial charge in [0.05, 0.1) is 6.61 Å². The smallest absolute Gasteiger partial charge is 0.333 e. The highest BCUT2D eigenvalue weighted by Gasteiger charge is 2.29. The van der Waals surface area contributed by atoms with Gasteiger partial charge in [0.15, 0.2) is 17.5 Å². The molecule has 0 amide bonds. The fourth-order valence-electron chi connectivity index (χ4n) is 2.23. The van der Waals surface area contributed by atoms with E-state index in [1.807, 2.05) is 0 Å². The van der Waals surface area contributed by atoms with E-state index in [4.69, 9.17) is 14.2 Å². The summed E-state index contributed by atoms with van der Waals surface area (Å²) in [5, 5.41) is 3.00. The number of carbonyl (C=O) groups is 2. The van der Waals surface area contributed by atoms with Gasteiger partial charge in [-0.3, -0.25) is 4.79 Å². The Kier molecular flexibility index (Phi) is 3.06. The molecular formula is C14H13NO5. The topological polar surface area (TPSA) is 73.9 Å². The number of anilines is 1. The summed E-state index contributed by atoms with van der Waals surface area (Å²) in [6.07, 6.45) is 2.31. The summed E-state index contributed by atoms with van der Waals surface area (Å²) >= 11 is 0. The van der Waals surface area contributed by atoms with E-state index in [2.05, 4.69) is 5.32 Å². The minimum absolute atomic E-state index is 0.170. The van der Waals surface area contributed by atoms with Crippen molar-refractivity contribution in [2.24, 2.45) is 0 Å². The third-order valence-corrected chi connectivity index (χ3v) is 3.16. The minimum Gasteiger partial charge on any atom is -0.464 e. The Hall–Kier alpha value is -2.50. The van der Waals surface area contributed by atoms with Crippen LogP contribution in [0, 0.1) is 0 Å². The molecule has 1 N–H and O–H groups in total. The standard InChI is InChI=1S/C14H13NO5/c1-2-18-14(17)13-9(6-16)3-8-4-11-12(20-7-19-11)5-10(8)15-13/h3-6,13,15H,2,7H2,1H3. The lowest BCUT2D eigenvalue weighted by Gasteiger charge is -2.24. The molecule has 0 fully saturated rings. The van der Waals surface area contributed by atoms with Gasteiger partial charge < -0.3 is 19.5 Å². The lowest BCUT2D eigenvalue weighted by Crippen LogP contribution is -2.35. The zero-order valence-electron chi connectivity index (χ0n) is 10.8. The van der Waals surface area contributed by atoms with E-state index in [0.717, 1.165) is 5.56 Å². The highest BCUT2D eigenvalue weighted by Crippen LogP contribution is 2.40. The van der Waals surface area contributed by atoms with Gasteiger partial charge in [-0.05, 0) is 19.1 Å². The van der Waals surface area contributed by atoms with Crippen LogP contribution >= 0.6 is 0 Å². The maximum atomic E-state index is 11.9. The van der Waals surface area contributed by atoms with E-state index in [1.165, 1.54) is 0 Å². The van der Waals surface area contributed by atoms with Gasteiger partial charge in [-0.2, -0.15) is 0 Å². The number of fused-ring (bicyclic) bond motifs is 2. The number of carbonyl (C=O) groups excluding carboxylic acids is 2. The lowest BCUT2D eigenvalue weighted by atomic mass is 9.98. The van der Waals surface area contributed by atoms with Crippen molar-refractivity contribution in [3.05, 3.63) is 23.3 Å². The van der Waals surface area contributed by atoms with Gasteiger partial charge in [-0.1, -0.05) is 0 Å². The molecule has 0 saturated heterocycles. The van der Waals surface area contributed by atoms with Gasteiger partial charge in [0.2, 0.25) is 6.79 Å². The molecule has 6 heteroatoms. The maximum absolute atomic E-state index is 11.9. The molecule has 1 aromatic rings. The normalized spacial score (nSPS) is 18.6. The summed E-state index contributed by atoms with van der Waals surface area (Å²) in [7, 11) is 0. The van der Waals surface area contributed by atoms with Crippen molar-refractivity contribution in [1.82, 2.24) is 0 Å². The number of ether oxygens (including phenoxy) is 3. The Morgan fingerprint density at radius 2 is 2.20 bits per heavy atom. The number of aldehydes is 1. The zero-order chi connectivity index (χ0) is 14.1. The van der Waals surface area contributed by atoms with E-state index < -0.39 is 12.0 Å². The maximum Gasteiger partial charge on any atom is 0.333 e. The first-order valence-electron chi connectivity index (χ1n) is 6.26. The molecule has 104 valence electrons. The van der Waals surface area contributed by atoms with E-state index in [1.54, 1.807) is 25.1 Å². The molecular weight excluding hydrogens is 262 g/mol. The summed E-state index contributed by atoms with van der Waals surface area (Å²) in [5.74, 6) is 0.762. The Labute approximate surface area is 115 Å². The van der Waals surface area contributed by atoms with E-state index in [0.29, 0.717) is 29.0 Å². The lowest BCUT2D eigenvalue weighted by molar-refractivity contribution is -0.143. The Balaban J connectivity index is 1.99. The van der Waals surface area contributed by atoms with Crippen molar-refractivity contribution in [2.45, 2.75) is 13.0 Å². The van der Waals surface area contributed by atoms with Crippen LogP contribution in [-0.2, 0) is 14.3 Å². The second kappa shape index (κ2) is 4.88. The fourth-order valence-corrected chi connectivity index (χ4v) is 2.23. The molecule has 0 aromatic heterocycles. The molecule has 6 nitrogen and oxygen atoms in total. The summed E-state index contributed by atoms with van der Waals surface area (Å²) in [5.41, 5.74) is 1.81. The number of nitrogens with one attached hydrogen (secondary N) is 1.